The maximum atomic E-state index is 13.7. The molecule has 7 nitrogen and oxygen atoms in total. The fourth-order valence-electron chi connectivity index (χ4n) is 6.57. The standard InChI is InChI=1S/C27H33FN6O/c1-3-4-18(11-19-12-20(28)14-29-17(19)2)5-6-21-7-10-34-25(31-21)22(15-30-34)26(35)32-24-13-27-16-33(27)9-8-23(24)27/h7,10,12,14-15,18,23-24H,3-6,8-9,11,13,16H2,1-2H3,(H,32,35). The monoisotopic (exact) mass is 476 g/mol. The molecule has 5 unspecified atom stereocenters. The minimum Gasteiger partial charge on any atom is -0.349 e. The van der Waals surface area contributed by atoms with E-state index in [9.17, 15) is 9.18 Å². The zero-order valence-corrected chi connectivity index (χ0v) is 20.5. The summed E-state index contributed by atoms with van der Waals surface area (Å²) < 4.78 is 15.4. The van der Waals surface area contributed by atoms with Gasteiger partial charge in [-0.2, -0.15) is 5.10 Å². The number of carbonyl (C=O) groups excluding carboxylic acids is 1. The quantitative estimate of drug-likeness (QED) is 0.476. The van der Waals surface area contributed by atoms with Gasteiger partial charge in [0, 0.05) is 41.6 Å². The first-order chi connectivity index (χ1) is 17.0. The summed E-state index contributed by atoms with van der Waals surface area (Å²) in [6.07, 6.45) is 11.8. The molecule has 6 rings (SSSR count). The second kappa shape index (κ2) is 8.66. The Balaban J connectivity index is 1.13. The van der Waals surface area contributed by atoms with Gasteiger partial charge in [0.1, 0.15) is 11.4 Å². The summed E-state index contributed by atoms with van der Waals surface area (Å²) in [4.78, 5) is 24.7. The number of piperidine rings is 1. The predicted molar refractivity (Wildman–Crippen MR) is 131 cm³/mol. The van der Waals surface area contributed by atoms with Crippen LogP contribution in [-0.4, -0.2) is 55.1 Å². The van der Waals surface area contributed by atoms with Gasteiger partial charge in [0.25, 0.3) is 5.91 Å². The van der Waals surface area contributed by atoms with Crippen LogP contribution in [0.3, 0.4) is 0 Å². The first-order valence-electron chi connectivity index (χ1n) is 13.0. The van der Waals surface area contributed by atoms with E-state index in [-0.39, 0.29) is 17.8 Å². The maximum absolute atomic E-state index is 13.7. The summed E-state index contributed by atoms with van der Waals surface area (Å²) in [5, 5.41) is 7.62. The van der Waals surface area contributed by atoms with Gasteiger partial charge in [-0.05, 0) is 69.2 Å². The number of pyridine rings is 1. The Morgan fingerprint density at radius 3 is 3.03 bits per heavy atom. The van der Waals surface area contributed by atoms with E-state index in [1.807, 2.05) is 19.2 Å². The van der Waals surface area contributed by atoms with Crippen LogP contribution >= 0.6 is 0 Å². The van der Waals surface area contributed by atoms with E-state index in [0.29, 0.717) is 28.6 Å². The van der Waals surface area contributed by atoms with Gasteiger partial charge in [-0.15, -0.1) is 0 Å². The number of hydrogen-bond acceptors (Lipinski definition) is 5. The van der Waals surface area contributed by atoms with Crippen molar-refractivity contribution in [1.29, 1.82) is 0 Å². The summed E-state index contributed by atoms with van der Waals surface area (Å²) in [6, 6.07) is 3.86. The number of carbonyl (C=O) groups is 1. The van der Waals surface area contributed by atoms with E-state index >= 15 is 0 Å². The molecule has 0 radical (unpaired) electrons. The molecule has 1 aliphatic carbocycles. The molecule has 3 aromatic heterocycles. The third-order valence-corrected chi connectivity index (χ3v) is 8.61. The highest BCUT2D eigenvalue weighted by Gasteiger charge is 2.70. The number of halogens is 1. The Bertz CT molecular complexity index is 1270. The zero-order valence-electron chi connectivity index (χ0n) is 20.5. The highest BCUT2D eigenvalue weighted by molar-refractivity contribution is 5.99. The van der Waals surface area contributed by atoms with Crippen LogP contribution in [0.5, 0.6) is 0 Å². The highest BCUT2D eigenvalue weighted by Crippen LogP contribution is 2.59. The van der Waals surface area contributed by atoms with Gasteiger partial charge in [-0.1, -0.05) is 19.8 Å². The first kappa shape index (κ1) is 22.6. The van der Waals surface area contributed by atoms with E-state index < -0.39 is 0 Å². The Labute approximate surface area is 205 Å². The van der Waals surface area contributed by atoms with Crippen LogP contribution in [0.15, 0.2) is 30.7 Å². The second-order valence-electron chi connectivity index (χ2n) is 10.7. The lowest BCUT2D eigenvalue weighted by atomic mass is 9.68. The molecule has 5 heterocycles. The van der Waals surface area contributed by atoms with Gasteiger partial charge in [0.15, 0.2) is 5.65 Å². The van der Waals surface area contributed by atoms with Crippen molar-refractivity contribution in [2.24, 2.45) is 11.8 Å². The van der Waals surface area contributed by atoms with Crippen molar-refractivity contribution < 1.29 is 9.18 Å². The van der Waals surface area contributed by atoms with Crippen molar-refractivity contribution in [3.8, 4) is 0 Å². The van der Waals surface area contributed by atoms with E-state index in [0.717, 1.165) is 55.5 Å². The van der Waals surface area contributed by atoms with Crippen molar-refractivity contribution in [3.63, 3.8) is 0 Å². The molecule has 2 saturated heterocycles. The first-order valence-corrected chi connectivity index (χ1v) is 13.0. The van der Waals surface area contributed by atoms with Gasteiger partial charge >= 0.3 is 0 Å². The van der Waals surface area contributed by atoms with Gasteiger partial charge in [-0.3, -0.25) is 14.7 Å². The van der Waals surface area contributed by atoms with Gasteiger partial charge in [-0.25, -0.2) is 13.9 Å². The molecule has 5 atom stereocenters. The fraction of sp³-hybridized carbons (Fsp3) is 0.556. The molecule has 1 N–H and O–H groups in total. The Morgan fingerprint density at radius 1 is 1.34 bits per heavy atom. The summed E-state index contributed by atoms with van der Waals surface area (Å²) >= 11 is 0. The Kier molecular flexibility index (Phi) is 5.59. The van der Waals surface area contributed by atoms with Crippen molar-refractivity contribution in [1.82, 2.24) is 29.8 Å². The van der Waals surface area contributed by atoms with Gasteiger partial charge in [0.2, 0.25) is 0 Å². The van der Waals surface area contributed by atoms with Crippen LogP contribution in [0.4, 0.5) is 4.39 Å². The van der Waals surface area contributed by atoms with E-state index in [1.165, 1.54) is 25.7 Å². The van der Waals surface area contributed by atoms with E-state index in [4.69, 9.17) is 4.98 Å². The van der Waals surface area contributed by atoms with Gasteiger partial charge in [0.05, 0.1) is 12.4 Å². The van der Waals surface area contributed by atoms with Crippen LogP contribution < -0.4 is 5.32 Å². The molecule has 1 spiro atoms. The number of nitrogens with one attached hydrogen (secondary N) is 1. The number of rotatable bonds is 9. The van der Waals surface area contributed by atoms with Crippen LogP contribution in [0.25, 0.3) is 5.65 Å². The molecule has 0 bridgehead atoms. The van der Waals surface area contributed by atoms with Crippen LogP contribution in [0.1, 0.15) is 66.3 Å². The summed E-state index contributed by atoms with van der Waals surface area (Å²) in [5.74, 6) is 0.678. The number of nitrogens with zero attached hydrogens (tertiary/aromatic N) is 5. The molecule has 35 heavy (non-hydrogen) atoms. The summed E-state index contributed by atoms with van der Waals surface area (Å²) in [6.45, 7) is 6.50. The SMILES string of the molecule is CCCC(CCc1ccn2ncc(C(=O)NC3CC45CN4CCC35)c2n1)Cc1cc(F)cnc1C. The third-order valence-electron chi connectivity index (χ3n) is 8.61. The molecule has 3 aromatic rings. The Morgan fingerprint density at radius 2 is 2.23 bits per heavy atom. The third kappa shape index (κ3) is 4.01. The van der Waals surface area contributed by atoms with Crippen LogP contribution in [-0.2, 0) is 12.8 Å². The number of fused-ring (bicyclic) bond motifs is 1. The van der Waals surface area contributed by atoms with E-state index in [2.05, 4.69) is 27.2 Å². The number of aromatic nitrogens is 4. The topological polar surface area (TPSA) is 75.2 Å². The van der Waals surface area contributed by atoms with Crippen molar-refractivity contribution >= 4 is 11.6 Å². The van der Waals surface area contributed by atoms with Crippen molar-refractivity contribution in [3.05, 3.63) is 59.1 Å². The lowest BCUT2D eigenvalue weighted by molar-refractivity contribution is 0.0826. The highest BCUT2D eigenvalue weighted by atomic mass is 19.1. The van der Waals surface area contributed by atoms with Crippen LogP contribution in [0.2, 0.25) is 0 Å². The number of aryl methyl sites for hydroxylation is 2. The zero-order chi connectivity index (χ0) is 24.2. The molecule has 3 aliphatic rings. The van der Waals surface area contributed by atoms with Gasteiger partial charge < -0.3 is 5.32 Å². The maximum Gasteiger partial charge on any atom is 0.256 e. The largest absolute Gasteiger partial charge is 0.349 e. The molecule has 1 amide bonds. The predicted octanol–water partition coefficient (Wildman–Crippen LogP) is 3.74. The molecule has 2 aliphatic heterocycles. The minimum absolute atomic E-state index is 0.0680. The van der Waals surface area contributed by atoms with Crippen molar-refractivity contribution in [2.75, 3.05) is 13.1 Å². The lowest BCUT2D eigenvalue weighted by Gasteiger charge is -2.42. The van der Waals surface area contributed by atoms with Crippen molar-refractivity contribution in [2.45, 2.75) is 70.4 Å². The smallest absolute Gasteiger partial charge is 0.256 e. The summed E-state index contributed by atoms with van der Waals surface area (Å²) in [7, 11) is 0. The van der Waals surface area contributed by atoms with E-state index in [1.54, 1.807) is 16.8 Å². The molecule has 0 aromatic carbocycles. The average molecular weight is 477 g/mol. The normalized spacial score (nSPS) is 27.2. The number of hydrogen-bond donors (Lipinski definition) is 1. The summed E-state index contributed by atoms with van der Waals surface area (Å²) in [5.41, 5.74) is 4.41. The fourth-order valence-corrected chi connectivity index (χ4v) is 6.57. The minimum atomic E-state index is -0.279. The average Bonchev–Trinajstić information content (AvgIpc) is 3.29. The second-order valence-corrected chi connectivity index (χ2v) is 10.7. The molecule has 8 heteroatoms. The van der Waals surface area contributed by atoms with Crippen LogP contribution in [0, 0.1) is 24.6 Å². The molecule has 3 fully saturated rings. The molecule has 1 saturated carbocycles. The molecular formula is C27H33FN6O. The number of amides is 1. The molecule has 184 valence electrons. The Hall–Kier alpha value is -2.87. The lowest BCUT2D eigenvalue weighted by Crippen LogP contribution is -2.56. The molecular weight excluding hydrogens is 443 g/mol.